The molecule has 0 unspecified atom stereocenters. The van der Waals surface area contributed by atoms with Gasteiger partial charge in [-0.2, -0.15) is 5.10 Å². The van der Waals surface area contributed by atoms with Gasteiger partial charge in [-0.05, 0) is 19.4 Å². The standard InChI is InChI=1S/C9H10N4OS.Rb/c1-3-4(2)12-13-9-5(3)6(10)7(15-9)8(11)14;/h1-2H3,(H4,10,11,14);/q;+1/p-1. The zero-order chi connectivity index (χ0) is 11.2. The molecule has 0 aromatic carbocycles. The molecule has 0 aliphatic rings. The topological polar surface area (TPSA) is 92.7 Å². The van der Waals surface area contributed by atoms with Crippen LogP contribution in [-0.2, 0) is 0 Å². The van der Waals surface area contributed by atoms with Gasteiger partial charge in [0, 0.05) is 5.39 Å². The van der Waals surface area contributed by atoms with Crippen LogP contribution in [0.2, 0.25) is 0 Å². The number of aromatic nitrogens is 2. The minimum atomic E-state index is -0.771. The van der Waals surface area contributed by atoms with Gasteiger partial charge in [0.1, 0.15) is 4.83 Å². The summed E-state index contributed by atoms with van der Waals surface area (Å²) >= 11 is 1.12. The van der Waals surface area contributed by atoms with E-state index in [4.69, 9.17) is 11.5 Å². The number of nitrogens with two attached hydrogens (primary N) is 1. The number of carbonyl (C=O) groups is 1. The number of nitrogens with one attached hydrogen (secondary N) is 1. The third kappa shape index (κ3) is 2.21. The fraction of sp³-hybridized carbons (Fsp3) is 0.222. The summed E-state index contributed by atoms with van der Waals surface area (Å²) in [7, 11) is 0. The Labute approximate surface area is 145 Å². The van der Waals surface area contributed by atoms with E-state index in [0.717, 1.165) is 28.0 Å². The molecular formula is C9H9N4ORbS. The number of aryl methyl sites for hydroxylation is 2. The molecule has 0 spiro atoms. The number of thiophene rings is 1. The van der Waals surface area contributed by atoms with E-state index in [1.807, 2.05) is 13.8 Å². The predicted molar refractivity (Wildman–Crippen MR) is 60.0 cm³/mol. The van der Waals surface area contributed by atoms with Gasteiger partial charge < -0.3 is 16.3 Å². The maximum atomic E-state index is 11.0. The Balaban J connectivity index is 0.00000128. The fourth-order valence-electron chi connectivity index (χ4n) is 1.41. The molecule has 3 N–H and O–H groups in total. The minimum absolute atomic E-state index is 0. The fourth-order valence-corrected chi connectivity index (χ4v) is 2.35. The van der Waals surface area contributed by atoms with Gasteiger partial charge in [-0.25, -0.2) is 0 Å². The molecule has 16 heavy (non-hydrogen) atoms. The second kappa shape index (κ2) is 5.18. The number of rotatable bonds is 1. The van der Waals surface area contributed by atoms with Crippen LogP contribution in [0.1, 0.15) is 20.9 Å². The SMILES string of the molecule is Cc1nnc2sc(C([NH-])=O)c(N)c2c1C.[Rb+]. The maximum absolute atomic E-state index is 11.0. The van der Waals surface area contributed by atoms with E-state index in [9.17, 15) is 4.79 Å². The van der Waals surface area contributed by atoms with Crippen LogP contribution >= 0.6 is 11.3 Å². The van der Waals surface area contributed by atoms with Crippen LogP contribution in [0.5, 0.6) is 0 Å². The summed E-state index contributed by atoms with van der Waals surface area (Å²) in [6.07, 6.45) is 0. The van der Waals surface area contributed by atoms with Gasteiger partial charge in [0.15, 0.2) is 0 Å². The Bertz CT molecular complexity index is 566. The van der Waals surface area contributed by atoms with E-state index < -0.39 is 5.91 Å². The molecule has 0 aliphatic heterocycles. The van der Waals surface area contributed by atoms with E-state index in [2.05, 4.69) is 10.2 Å². The smallest absolute Gasteiger partial charge is 0.663 e. The molecule has 0 aliphatic carbocycles. The van der Waals surface area contributed by atoms with Crippen LogP contribution in [0.15, 0.2) is 0 Å². The number of carbonyl (C=O) groups excluding carboxylic acids is 1. The van der Waals surface area contributed by atoms with Gasteiger partial charge in [0.2, 0.25) is 0 Å². The van der Waals surface area contributed by atoms with Crippen molar-refractivity contribution < 1.29 is 63.0 Å². The Morgan fingerprint density at radius 3 is 2.56 bits per heavy atom. The molecule has 2 rings (SSSR count). The van der Waals surface area contributed by atoms with Crippen molar-refractivity contribution >= 4 is 33.1 Å². The quantitative estimate of drug-likeness (QED) is 0.738. The first-order valence-electron chi connectivity index (χ1n) is 4.30. The zero-order valence-corrected chi connectivity index (χ0v) is 15.0. The number of hydrogen-bond donors (Lipinski definition) is 1. The summed E-state index contributed by atoms with van der Waals surface area (Å²) in [4.78, 5) is 11.8. The van der Waals surface area contributed by atoms with Gasteiger partial charge in [-0.3, -0.25) is 0 Å². The first kappa shape index (κ1) is 14.2. The van der Waals surface area contributed by atoms with Gasteiger partial charge >= 0.3 is 58.2 Å². The van der Waals surface area contributed by atoms with Crippen LogP contribution in [0.25, 0.3) is 16.0 Å². The number of hydrogen-bond acceptors (Lipinski definition) is 5. The maximum Gasteiger partial charge on any atom is 1.00 e. The molecular weight excluding hydrogens is 298 g/mol. The Morgan fingerprint density at radius 1 is 1.38 bits per heavy atom. The Kier molecular flexibility index (Phi) is 4.59. The van der Waals surface area contributed by atoms with E-state index in [1.165, 1.54) is 0 Å². The molecule has 2 heterocycles. The molecule has 0 radical (unpaired) electrons. The van der Waals surface area contributed by atoms with Crippen LogP contribution in [-0.4, -0.2) is 16.1 Å². The normalized spacial score (nSPS) is 10.1. The third-order valence-electron chi connectivity index (χ3n) is 2.34. The molecule has 1 amide bonds. The predicted octanol–water partition coefficient (Wildman–Crippen LogP) is -0.913. The molecule has 2 aromatic rings. The summed E-state index contributed by atoms with van der Waals surface area (Å²) in [5.41, 5.74) is 14.9. The zero-order valence-electron chi connectivity index (χ0n) is 9.29. The van der Waals surface area contributed by atoms with Gasteiger partial charge in [0.25, 0.3) is 0 Å². The third-order valence-corrected chi connectivity index (χ3v) is 3.43. The molecule has 7 heteroatoms. The van der Waals surface area contributed by atoms with Crippen molar-refractivity contribution in [1.29, 1.82) is 0 Å². The number of amides is 1. The van der Waals surface area contributed by atoms with Gasteiger partial charge in [-0.15, -0.1) is 16.4 Å². The van der Waals surface area contributed by atoms with Gasteiger partial charge in [-0.1, -0.05) is 0 Å². The number of anilines is 1. The second-order valence-electron chi connectivity index (χ2n) is 3.26. The van der Waals surface area contributed by atoms with Gasteiger partial charge in [0.05, 0.1) is 22.2 Å². The van der Waals surface area contributed by atoms with Crippen molar-refractivity contribution in [3.8, 4) is 0 Å². The van der Waals surface area contributed by atoms with Crippen LogP contribution in [0.4, 0.5) is 5.69 Å². The summed E-state index contributed by atoms with van der Waals surface area (Å²) in [6.45, 7) is 3.72. The monoisotopic (exact) mass is 306 g/mol. The average Bonchev–Trinajstić information content (AvgIpc) is 2.50. The molecule has 0 saturated heterocycles. The number of fused-ring (bicyclic) bond motifs is 1. The van der Waals surface area contributed by atoms with Crippen molar-refractivity contribution in [2.45, 2.75) is 13.8 Å². The van der Waals surface area contributed by atoms with Crippen LogP contribution in [0.3, 0.4) is 0 Å². The summed E-state index contributed by atoms with van der Waals surface area (Å²) < 4.78 is 0. The Hall–Kier alpha value is 0.115. The van der Waals surface area contributed by atoms with E-state index in [1.54, 1.807) is 0 Å². The Morgan fingerprint density at radius 2 is 2.00 bits per heavy atom. The van der Waals surface area contributed by atoms with Crippen molar-refractivity contribution in [2.24, 2.45) is 0 Å². The molecule has 2 aromatic heterocycles. The molecule has 0 atom stereocenters. The van der Waals surface area contributed by atoms with Crippen molar-refractivity contribution in [2.75, 3.05) is 5.73 Å². The average molecular weight is 307 g/mol. The minimum Gasteiger partial charge on any atom is -0.663 e. The molecule has 0 fully saturated rings. The van der Waals surface area contributed by atoms with Crippen LogP contribution in [0, 0.1) is 13.8 Å². The molecule has 5 nitrogen and oxygen atoms in total. The molecule has 0 saturated carbocycles. The first-order chi connectivity index (χ1) is 7.02. The molecule has 78 valence electrons. The van der Waals surface area contributed by atoms with Crippen molar-refractivity contribution in [3.05, 3.63) is 21.9 Å². The number of nitrogen functional groups attached to an aromatic ring is 1. The van der Waals surface area contributed by atoms with Crippen molar-refractivity contribution in [1.82, 2.24) is 10.2 Å². The van der Waals surface area contributed by atoms with E-state index >= 15 is 0 Å². The first-order valence-corrected chi connectivity index (χ1v) is 5.11. The van der Waals surface area contributed by atoms with E-state index in [0.29, 0.717) is 10.5 Å². The van der Waals surface area contributed by atoms with Crippen molar-refractivity contribution in [3.63, 3.8) is 0 Å². The summed E-state index contributed by atoms with van der Waals surface area (Å²) in [5.74, 6) is -0.771. The number of nitrogens with zero attached hydrogens (tertiary/aromatic N) is 2. The second-order valence-corrected chi connectivity index (χ2v) is 4.26. The molecule has 0 bridgehead atoms. The summed E-state index contributed by atoms with van der Waals surface area (Å²) in [6, 6.07) is 0. The van der Waals surface area contributed by atoms with Crippen LogP contribution < -0.4 is 63.9 Å². The van der Waals surface area contributed by atoms with E-state index in [-0.39, 0.29) is 63.1 Å². The summed E-state index contributed by atoms with van der Waals surface area (Å²) in [5, 5.41) is 8.66. The largest absolute Gasteiger partial charge is 1.00 e.